The Labute approximate surface area is 96.7 Å². The van der Waals surface area contributed by atoms with Gasteiger partial charge in [-0.2, -0.15) is 14.7 Å². The Bertz CT molecular complexity index is 749. The van der Waals surface area contributed by atoms with Gasteiger partial charge in [0.2, 0.25) is 0 Å². The van der Waals surface area contributed by atoms with Crippen LogP contribution in [0.3, 0.4) is 0 Å². The monoisotopic (exact) mass is 229 g/mol. The van der Waals surface area contributed by atoms with E-state index in [4.69, 9.17) is 0 Å². The lowest BCUT2D eigenvalue weighted by Crippen LogP contribution is -2.19. The first-order chi connectivity index (χ1) is 8.16. The second-order valence-corrected chi connectivity index (χ2v) is 3.93. The van der Waals surface area contributed by atoms with Crippen LogP contribution < -0.4 is 5.56 Å². The highest BCUT2D eigenvalue weighted by Gasteiger charge is 2.11. The van der Waals surface area contributed by atoms with Crippen molar-refractivity contribution in [3.05, 3.63) is 41.1 Å². The van der Waals surface area contributed by atoms with Crippen LogP contribution in [0.1, 0.15) is 0 Å². The van der Waals surface area contributed by atoms with Crippen LogP contribution >= 0.6 is 0 Å². The number of aromatic nitrogens is 5. The zero-order chi connectivity index (χ0) is 12.0. The summed E-state index contributed by atoms with van der Waals surface area (Å²) in [5, 5.41) is 8.26. The first-order valence-electron chi connectivity index (χ1n) is 5.20. The van der Waals surface area contributed by atoms with E-state index in [9.17, 15) is 4.79 Å². The molecule has 0 atom stereocenters. The summed E-state index contributed by atoms with van der Waals surface area (Å²) in [6, 6.07) is 3.61. The molecule has 0 spiro atoms. The van der Waals surface area contributed by atoms with E-state index in [2.05, 4.69) is 10.2 Å². The number of aryl methyl sites for hydroxylation is 2. The first kappa shape index (κ1) is 9.83. The second-order valence-electron chi connectivity index (χ2n) is 3.93. The summed E-state index contributed by atoms with van der Waals surface area (Å²) in [6.07, 6.45) is 5.20. The van der Waals surface area contributed by atoms with Crippen molar-refractivity contribution in [1.82, 2.24) is 24.0 Å². The summed E-state index contributed by atoms with van der Waals surface area (Å²) in [4.78, 5) is 12.2. The van der Waals surface area contributed by atoms with Gasteiger partial charge in [0.1, 0.15) is 5.65 Å². The average Bonchev–Trinajstić information content (AvgIpc) is 2.91. The summed E-state index contributed by atoms with van der Waals surface area (Å²) >= 11 is 0. The van der Waals surface area contributed by atoms with Gasteiger partial charge in [-0.1, -0.05) is 0 Å². The van der Waals surface area contributed by atoms with E-state index >= 15 is 0 Å². The highest BCUT2D eigenvalue weighted by molar-refractivity contribution is 5.58. The van der Waals surface area contributed by atoms with Crippen LogP contribution in [-0.2, 0) is 14.1 Å². The van der Waals surface area contributed by atoms with Gasteiger partial charge < -0.3 is 4.57 Å². The normalized spacial score (nSPS) is 11.2. The van der Waals surface area contributed by atoms with Gasteiger partial charge in [0, 0.05) is 32.6 Å². The standard InChI is InChI=1S/C11H11N5O/c1-14-7-8(9-4-6-15(2)13-9)11(17)16-10(14)3-5-12-16/h3-7H,1-2H3. The van der Waals surface area contributed by atoms with E-state index in [1.54, 1.807) is 23.1 Å². The molecule has 6 nitrogen and oxygen atoms in total. The van der Waals surface area contributed by atoms with Crippen LogP contribution in [0.4, 0.5) is 0 Å². The second kappa shape index (κ2) is 3.31. The fourth-order valence-electron chi connectivity index (χ4n) is 1.88. The summed E-state index contributed by atoms with van der Waals surface area (Å²) in [5.74, 6) is 0. The molecule has 0 aliphatic heterocycles. The molecule has 3 aromatic rings. The molecule has 0 aromatic carbocycles. The average molecular weight is 229 g/mol. The Kier molecular flexibility index (Phi) is 1.91. The molecular weight excluding hydrogens is 218 g/mol. The zero-order valence-corrected chi connectivity index (χ0v) is 9.53. The van der Waals surface area contributed by atoms with Crippen LogP contribution in [0.25, 0.3) is 16.9 Å². The zero-order valence-electron chi connectivity index (χ0n) is 9.53. The van der Waals surface area contributed by atoms with Crippen molar-refractivity contribution in [2.75, 3.05) is 0 Å². The van der Waals surface area contributed by atoms with Crippen LogP contribution in [0.2, 0.25) is 0 Å². The molecule has 0 fully saturated rings. The molecule has 3 aromatic heterocycles. The minimum atomic E-state index is -0.151. The highest BCUT2D eigenvalue weighted by Crippen LogP contribution is 2.12. The first-order valence-corrected chi connectivity index (χ1v) is 5.20. The molecule has 0 radical (unpaired) electrons. The van der Waals surface area contributed by atoms with Gasteiger partial charge in [0.05, 0.1) is 17.5 Å². The molecule has 17 heavy (non-hydrogen) atoms. The third-order valence-corrected chi connectivity index (χ3v) is 2.72. The minimum Gasteiger partial charge on any atom is -0.335 e. The van der Waals surface area contributed by atoms with Gasteiger partial charge in [0.25, 0.3) is 5.56 Å². The third kappa shape index (κ3) is 1.37. The van der Waals surface area contributed by atoms with Crippen molar-refractivity contribution >= 4 is 5.65 Å². The predicted molar refractivity (Wildman–Crippen MR) is 62.6 cm³/mol. The Balaban J connectivity index is 2.37. The molecule has 0 aliphatic carbocycles. The van der Waals surface area contributed by atoms with E-state index in [0.717, 1.165) is 5.65 Å². The number of hydrogen-bond acceptors (Lipinski definition) is 3. The molecule has 0 amide bonds. The summed E-state index contributed by atoms with van der Waals surface area (Å²) in [5.41, 5.74) is 1.81. The SMILES string of the molecule is Cn1ccc(-c2cn(C)c3ccnn3c2=O)n1. The van der Waals surface area contributed by atoms with Crippen molar-refractivity contribution in [3.63, 3.8) is 0 Å². The molecule has 0 bridgehead atoms. The molecule has 3 rings (SSSR count). The van der Waals surface area contributed by atoms with Crippen molar-refractivity contribution in [2.45, 2.75) is 0 Å². The lowest BCUT2D eigenvalue weighted by Gasteiger charge is -2.04. The molecule has 6 heteroatoms. The van der Waals surface area contributed by atoms with Crippen LogP contribution in [0.5, 0.6) is 0 Å². The van der Waals surface area contributed by atoms with Crippen LogP contribution in [-0.4, -0.2) is 24.0 Å². The highest BCUT2D eigenvalue weighted by atomic mass is 16.1. The Hall–Kier alpha value is -2.37. The molecule has 0 N–H and O–H groups in total. The van der Waals surface area contributed by atoms with E-state index < -0.39 is 0 Å². The van der Waals surface area contributed by atoms with Gasteiger partial charge in [-0.05, 0) is 6.07 Å². The Morgan fingerprint density at radius 2 is 2.06 bits per heavy atom. The van der Waals surface area contributed by atoms with E-state index in [1.165, 1.54) is 4.52 Å². The number of nitrogens with zero attached hydrogens (tertiary/aromatic N) is 5. The molecule has 0 saturated carbocycles. The van der Waals surface area contributed by atoms with E-state index in [0.29, 0.717) is 11.3 Å². The van der Waals surface area contributed by atoms with Crippen molar-refractivity contribution in [3.8, 4) is 11.3 Å². The third-order valence-electron chi connectivity index (χ3n) is 2.72. The maximum atomic E-state index is 12.2. The summed E-state index contributed by atoms with van der Waals surface area (Å²) < 4.78 is 4.91. The Morgan fingerprint density at radius 3 is 2.76 bits per heavy atom. The van der Waals surface area contributed by atoms with Crippen molar-refractivity contribution in [1.29, 1.82) is 0 Å². The lowest BCUT2D eigenvalue weighted by molar-refractivity contribution is 0.767. The van der Waals surface area contributed by atoms with Crippen molar-refractivity contribution in [2.24, 2.45) is 14.1 Å². The van der Waals surface area contributed by atoms with Crippen LogP contribution in [0, 0.1) is 0 Å². The lowest BCUT2D eigenvalue weighted by atomic mass is 10.2. The number of fused-ring (bicyclic) bond motifs is 1. The fourth-order valence-corrected chi connectivity index (χ4v) is 1.88. The smallest absolute Gasteiger partial charge is 0.283 e. The molecule has 3 heterocycles. The summed E-state index contributed by atoms with van der Waals surface area (Å²) in [7, 11) is 3.70. The van der Waals surface area contributed by atoms with Gasteiger partial charge in [-0.3, -0.25) is 9.48 Å². The predicted octanol–water partition coefficient (Wildman–Crippen LogP) is 0.433. The Morgan fingerprint density at radius 1 is 1.24 bits per heavy atom. The molecular formula is C11H11N5O. The minimum absolute atomic E-state index is 0.151. The van der Waals surface area contributed by atoms with Crippen LogP contribution in [0.15, 0.2) is 35.5 Å². The van der Waals surface area contributed by atoms with E-state index in [-0.39, 0.29) is 5.56 Å². The van der Waals surface area contributed by atoms with Crippen molar-refractivity contribution < 1.29 is 0 Å². The van der Waals surface area contributed by atoms with Gasteiger partial charge in [0.15, 0.2) is 0 Å². The number of hydrogen-bond donors (Lipinski definition) is 0. The molecule has 86 valence electrons. The van der Waals surface area contributed by atoms with Gasteiger partial charge >= 0.3 is 0 Å². The number of rotatable bonds is 1. The maximum Gasteiger partial charge on any atom is 0.283 e. The van der Waals surface area contributed by atoms with Gasteiger partial charge in [-0.25, -0.2) is 0 Å². The largest absolute Gasteiger partial charge is 0.335 e. The molecule has 0 aliphatic rings. The fraction of sp³-hybridized carbons (Fsp3) is 0.182. The maximum absolute atomic E-state index is 12.2. The molecule has 0 unspecified atom stereocenters. The quantitative estimate of drug-likeness (QED) is 0.608. The van der Waals surface area contributed by atoms with E-state index in [1.807, 2.05) is 30.9 Å². The van der Waals surface area contributed by atoms with Gasteiger partial charge in [-0.15, -0.1) is 0 Å². The summed E-state index contributed by atoms with van der Waals surface area (Å²) in [6.45, 7) is 0. The molecule has 0 saturated heterocycles. The topological polar surface area (TPSA) is 57.1 Å².